The number of amides is 1. The summed E-state index contributed by atoms with van der Waals surface area (Å²) in [6, 6.07) is 8.43. The van der Waals surface area contributed by atoms with Crippen LogP contribution in [0.15, 0.2) is 58.4 Å². The van der Waals surface area contributed by atoms with Gasteiger partial charge in [-0.05, 0) is 36.8 Å². The average Bonchev–Trinajstić information content (AvgIpc) is 2.85. The van der Waals surface area contributed by atoms with Gasteiger partial charge in [0.05, 0.1) is 5.52 Å². The molecule has 0 atom stereocenters. The van der Waals surface area contributed by atoms with Gasteiger partial charge in [0.1, 0.15) is 5.82 Å². The van der Waals surface area contributed by atoms with Crippen LogP contribution < -0.4 is 11.1 Å². The van der Waals surface area contributed by atoms with Gasteiger partial charge in [0.15, 0.2) is 5.58 Å². The summed E-state index contributed by atoms with van der Waals surface area (Å²) in [4.78, 5) is 28.2. The molecule has 1 N–H and O–H groups in total. The number of aromatic nitrogens is 2. The molecule has 3 rings (SSSR count). The third-order valence-corrected chi connectivity index (χ3v) is 3.39. The minimum atomic E-state index is -0.474. The quantitative estimate of drug-likeness (QED) is 0.752. The van der Waals surface area contributed by atoms with Gasteiger partial charge in [-0.15, -0.1) is 6.58 Å². The summed E-state index contributed by atoms with van der Waals surface area (Å²) in [6.07, 6.45) is 3.27. The number of nitrogens with zero attached hydrogens (tertiary/aromatic N) is 2. The van der Waals surface area contributed by atoms with Crippen LogP contribution in [0.4, 0.5) is 5.82 Å². The summed E-state index contributed by atoms with van der Waals surface area (Å²) in [5.74, 6) is -0.309. The van der Waals surface area contributed by atoms with Gasteiger partial charge in [0.25, 0.3) is 5.91 Å². The van der Waals surface area contributed by atoms with Crippen molar-refractivity contribution in [3.8, 4) is 0 Å². The number of nitrogens with one attached hydrogen (secondary N) is 1. The molecule has 0 radical (unpaired) electrons. The Bertz CT molecular complexity index is 936. The van der Waals surface area contributed by atoms with Gasteiger partial charge in [-0.25, -0.2) is 9.78 Å². The fraction of sp³-hybridized carbons (Fsp3) is 0.118. The molecular formula is C17H15N3O3. The van der Waals surface area contributed by atoms with Crippen LogP contribution in [0, 0.1) is 6.92 Å². The molecule has 23 heavy (non-hydrogen) atoms. The normalized spacial score (nSPS) is 10.7. The smallest absolute Gasteiger partial charge is 0.408 e. The fourth-order valence-electron chi connectivity index (χ4n) is 2.24. The first-order valence-electron chi connectivity index (χ1n) is 7.07. The summed E-state index contributed by atoms with van der Waals surface area (Å²) in [5.41, 5.74) is 2.41. The summed E-state index contributed by atoms with van der Waals surface area (Å²) in [6.45, 7) is 5.85. The van der Waals surface area contributed by atoms with Crippen LogP contribution in [0.2, 0.25) is 0 Å². The van der Waals surface area contributed by atoms with Crippen molar-refractivity contribution in [1.29, 1.82) is 0 Å². The molecule has 0 saturated carbocycles. The molecule has 2 heterocycles. The SMILES string of the molecule is C=CCn1c(=O)oc2ccc(C(=O)Nc3ccc(C)cn3)cc21. The second-order valence-corrected chi connectivity index (χ2v) is 5.12. The lowest BCUT2D eigenvalue weighted by molar-refractivity contribution is 0.102. The molecule has 2 aromatic heterocycles. The summed E-state index contributed by atoms with van der Waals surface area (Å²) in [5, 5.41) is 2.72. The van der Waals surface area contributed by atoms with E-state index in [0.717, 1.165) is 5.56 Å². The van der Waals surface area contributed by atoms with Gasteiger partial charge in [-0.1, -0.05) is 12.1 Å². The van der Waals surface area contributed by atoms with Crippen molar-refractivity contribution in [3.63, 3.8) is 0 Å². The second kappa shape index (κ2) is 5.92. The Labute approximate surface area is 132 Å². The fourth-order valence-corrected chi connectivity index (χ4v) is 2.24. The van der Waals surface area contributed by atoms with Crippen LogP contribution in [0.25, 0.3) is 11.1 Å². The first kappa shape index (κ1) is 14.8. The number of rotatable bonds is 4. The molecule has 6 heteroatoms. The number of carbonyl (C=O) groups is 1. The topological polar surface area (TPSA) is 77.1 Å². The number of carbonyl (C=O) groups excluding carboxylic acids is 1. The highest BCUT2D eigenvalue weighted by Crippen LogP contribution is 2.16. The standard InChI is InChI=1S/C17H15N3O3/c1-3-8-20-13-9-12(5-6-14(13)23-17(20)22)16(21)19-15-7-4-11(2)10-18-15/h3-7,9-10H,1,8H2,2H3,(H,18,19,21). The van der Waals surface area contributed by atoms with Gasteiger partial charge < -0.3 is 9.73 Å². The Hall–Kier alpha value is -3.15. The van der Waals surface area contributed by atoms with Crippen LogP contribution >= 0.6 is 0 Å². The minimum Gasteiger partial charge on any atom is -0.408 e. The zero-order valence-electron chi connectivity index (χ0n) is 12.6. The van der Waals surface area contributed by atoms with E-state index in [1.165, 1.54) is 4.57 Å². The number of aryl methyl sites for hydroxylation is 1. The van der Waals surface area contributed by atoms with Crippen LogP contribution in [0.3, 0.4) is 0 Å². The van der Waals surface area contributed by atoms with E-state index in [0.29, 0.717) is 29.0 Å². The lowest BCUT2D eigenvalue weighted by atomic mass is 10.2. The largest absolute Gasteiger partial charge is 0.420 e. The summed E-state index contributed by atoms with van der Waals surface area (Å²) < 4.78 is 6.55. The Morgan fingerprint density at radius 1 is 1.39 bits per heavy atom. The maximum Gasteiger partial charge on any atom is 0.420 e. The molecule has 0 spiro atoms. The van der Waals surface area contributed by atoms with E-state index in [2.05, 4.69) is 16.9 Å². The highest BCUT2D eigenvalue weighted by molar-refractivity contribution is 6.05. The first-order chi connectivity index (χ1) is 11.1. The van der Waals surface area contributed by atoms with Crippen LogP contribution in [-0.2, 0) is 6.54 Å². The average molecular weight is 309 g/mol. The molecule has 0 saturated heterocycles. The van der Waals surface area contributed by atoms with E-state index in [1.54, 1.807) is 36.5 Å². The number of fused-ring (bicyclic) bond motifs is 1. The summed E-state index contributed by atoms with van der Waals surface area (Å²) >= 11 is 0. The number of anilines is 1. The zero-order chi connectivity index (χ0) is 16.4. The maximum atomic E-state index is 12.3. The van der Waals surface area contributed by atoms with Gasteiger partial charge in [0, 0.05) is 18.3 Å². The lowest BCUT2D eigenvalue weighted by Gasteiger charge is -2.05. The van der Waals surface area contributed by atoms with Crippen molar-refractivity contribution in [2.75, 3.05) is 5.32 Å². The van der Waals surface area contributed by atoms with E-state index in [4.69, 9.17) is 4.42 Å². The molecule has 116 valence electrons. The predicted octanol–water partition coefficient (Wildman–Crippen LogP) is 2.74. The Morgan fingerprint density at radius 2 is 2.22 bits per heavy atom. The van der Waals surface area contributed by atoms with E-state index in [-0.39, 0.29) is 5.91 Å². The first-order valence-corrected chi connectivity index (χ1v) is 7.07. The number of benzene rings is 1. The molecule has 6 nitrogen and oxygen atoms in total. The van der Waals surface area contributed by atoms with E-state index in [1.807, 2.05) is 13.0 Å². The maximum absolute atomic E-state index is 12.3. The van der Waals surface area contributed by atoms with Gasteiger partial charge in [0.2, 0.25) is 0 Å². The number of hydrogen-bond donors (Lipinski definition) is 1. The molecule has 0 aliphatic heterocycles. The van der Waals surface area contributed by atoms with Gasteiger partial charge in [-0.3, -0.25) is 9.36 Å². The number of allylic oxidation sites excluding steroid dienone is 1. The molecule has 0 aliphatic rings. The minimum absolute atomic E-state index is 0.304. The molecule has 0 fully saturated rings. The van der Waals surface area contributed by atoms with Crippen LogP contribution in [0.5, 0.6) is 0 Å². The number of oxazole rings is 1. The van der Waals surface area contributed by atoms with Crippen LogP contribution in [0.1, 0.15) is 15.9 Å². The van der Waals surface area contributed by atoms with Crippen molar-refractivity contribution in [2.24, 2.45) is 0 Å². The predicted molar refractivity (Wildman–Crippen MR) is 87.6 cm³/mol. The zero-order valence-corrected chi connectivity index (χ0v) is 12.6. The molecule has 0 bridgehead atoms. The second-order valence-electron chi connectivity index (χ2n) is 5.12. The van der Waals surface area contributed by atoms with Crippen LogP contribution in [-0.4, -0.2) is 15.5 Å². The highest BCUT2D eigenvalue weighted by atomic mass is 16.4. The van der Waals surface area contributed by atoms with Gasteiger partial charge >= 0.3 is 5.76 Å². The molecule has 3 aromatic rings. The highest BCUT2D eigenvalue weighted by Gasteiger charge is 2.13. The molecular weight excluding hydrogens is 294 g/mol. The summed E-state index contributed by atoms with van der Waals surface area (Å²) in [7, 11) is 0. The van der Waals surface area contributed by atoms with E-state index in [9.17, 15) is 9.59 Å². The molecule has 1 aromatic carbocycles. The van der Waals surface area contributed by atoms with Crippen molar-refractivity contribution in [2.45, 2.75) is 13.5 Å². The van der Waals surface area contributed by atoms with Crippen molar-refractivity contribution in [1.82, 2.24) is 9.55 Å². The number of pyridine rings is 1. The van der Waals surface area contributed by atoms with Gasteiger partial charge in [-0.2, -0.15) is 0 Å². The Morgan fingerprint density at radius 3 is 2.91 bits per heavy atom. The van der Waals surface area contributed by atoms with E-state index < -0.39 is 5.76 Å². The molecule has 0 aliphatic carbocycles. The monoisotopic (exact) mass is 309 g/mol. The molecule has 0 unspecified atom stereocenters. The Balaban J connectivity index is 1.94. The van der Waals surface area contributed by atoms with Crippen molar-refractivity contribution in [3.05, 3.63) is 70.9 Å². The molecule has 1 amide bonds. The van der Waals surface area contributed by atoms with Crippen molar-refractivity contribution < 1.29 is 9.21 Å². The lowest BCUT2D eigenvalue weighted by Crippen LogP contribution is -2.14. The Kier molecular flexibility index (Phi) is 3.80. The van der Waals surface area contributed by atoms with Crippen molar-refractivity contribution >= 4 is 22.8 Å². The third kappa shape index (κ3) is 2.91. The number of hydrogen-bond acceptors (Lipinski definition) is 4. The van der Waals surface area contributed by atoms with E-state index >= 15 is 0 Å². The third-order valence-electron chi connectivity index (χ3n) is 3.39.